The van der Waals surface area contributed by atoms with Crippen LogP contribution in [0.1, 0.15) is 39.5 Å². The van der Waals surface area contributed by atoms with E-state index in [2.05, 4.69) is 17.0 Å². The average molecular weight is 346 g/mol. The number of amides is 1. The minimum Gasteiger partial charge on any atom is -0.481 e. The summed E-state index contributed by atoms with van der Waals surface area (Å²) in [4.78, 5) is 27.7. The topological polar surface area (TPSA) is 60.9 Å². The van der Waals surface area contributed by atoms with Crippen LogP contribution in [-0.4, -0.2) is 48.1 Å². The van der Waals surface area contributed by atoms with E-state index in [0.29, 0.717) is 6.42 Å². The summed E-state index contributed by atoms with van der Waals surface area (Å²) in [7, 11) is 0. The molecule has 2 rings (SSSR count). The molecule has 0 aliphatic carbocycles. The predicted octanol–water partition coefficient (Wildman–Crippen LogP) is 3.25. The van der Waals surface area contributed by atoms with Crippen molar-refractivity contribution in [3.05, 3.63) is 30.3 Å². The van der Waals surface area contributed by atoms with Crippen molar-refractivity contribution < 1.29 is 14.7 Å². The lowest BCUT2D eigenvalue weighted by Gasteiger charge is -2.37. The van der Waals surface area contributed by atoms with E-state index in [-0.39, 0.29) is 17.7 Å². The summed E-state index contributed by atoms with van der Waals surface area (Å²) < 4.78 is 0. The third kappa shape index (κ3) is 5.76. The first kappa shape index (κ1) is 19.3. The van der Waals surface area contributed by atoms with Crippen molar-refractivity contribution in [2.45, 2.75) is 39.5 Å². The molecular formula is C20H30N2O3. The molecule has 0 spiro atoms. The fourth-order valence-electron chi connectivity index (χ4n) is 3.28. The molecule has 1 aromatic rings. The lowest BCUT2D eigenvalue weighted by atomic mass is 9.98. The summed E-state index contributed by atoms with van der Waals surface area (Å²) in [5, 5.41) is 8.89. The quantitative estimate of drug-likeness (QED) is 0.734. The Morgan fingerprint density at radius 3 is 2.08 bits per heavy atom. The van der Waals surface area contributed by atoms with E-state index >= 15 is 0 Å². The Hall–Kier alpha value is -2.04. The van der Waals surface area contributed by atoms with Crippen LogP contribution in [0.4, 0.5) is 5.69 Å². The molecule has 1 fully saturated rings. The van der Waals surface area contributed by atoms with Crippen LogP contribution in [0.3, 0.4) is 0 Å². The Bertz CT molecular complexity index is 553. The van der Waals surface area contributed by atoms with Crippen molar-refractivity contribution in [2.75, 3.05) is 31.1 Å². The number of carbonyl (C=O) groups excluding carboxylic acids is 1. The zero-order valence-electron chi connectivity index (χ0n) is 15.4. The zero-order chi connectivity index (χ0) is 18.2. The third-order valence-corrected chi connectivity index (χ3v) is 5.08. The standard InChI is InChI=1S/C20H30N2O3/c1-16(8-6-7-9-17(2)20(24)25)19(23)22-14-12-21(13-15-22)18-10-4-3-5-11-18/h3-5,10-11,16-17H,6-9,12-15H2,1-2H3,(H,24,25). The van der Waals surface area contributed by atoms with Gasteiger partial charge in [-0.3, -0.25) is 9.59 Å². The van der Waals surface area contributed by atoms with Gasteiger partial charge >= 0.3 is 5.97 Å². The third-order valence-electron chi connectivity index (χ3n) is 5.08. The molecule has 1 saturated heterocycles. The van der Waals surface area contributed by atoms with E-state index in [4.69, 9.17) is 5.11 Å². The SMILES string of the molecule is CC(CCCCC(C)C(=O)N1CCN(c2ccccc2)CC1)C(=O)O. The molecule has 2 atom stereocenters. The molecule has 2 unspecified atom stereocenters. The van der Waals surface area contributed by atoms with Gasteiger partial charge in [-0.15, -0.1) is 0 Å². The van der Waals surface area contributed by atoms with Crippen LogP contribution >= 0.6 is 0 Å². The molecule has 1 amide bonds. The van der Waals surface area contributed by atoms with Gasteiger partial charge in [0.05, 0.1) is 5.92 Å². The van der Waals surface area contributed by atoms with E-state index in [9.17, 15) is 9.59 Å². The van der Waals surface area contributed by atoms with E-state index in [1.807, 2.05) is 30.0 Å². The number of hydrogen-bond acceptors (Lipinski definition) is 3. The second-order valence-electron chi connectivity index (χ2n) is 7.07. The normalized spacial score (nSPS) is 17.2. The summed E-state index contributed by atoms with van der Waals surface area (Å²) >= 11 is 0. The Morgan fingerprint density at radius 1 is 0.960 bits per heavy atom. The van der Waals surface area contributed by atoms with Gasteiger partial charge < -0.3 is 14.9 Å². The number of piperazine rings is 1. The number of carboxylic acid groups (broad SMARTS) is 1. The second-order valence-corrected chi connectivity index (χ2v) is 7.07. The molecule has 25 heavy (non-hydrogen) atoms. The molecule has 0 aromatic heterocycles. The van der Waals surface area contributed by atoms with E-state index in [0.717, 1.165) is 45.4 Å². The number of aliphatic carboxylic acids is 1. The van der Waals surface area contributed by atoms with Gasteiger partial charge in [-0.2, -0.15) is 0 Å². The van der Waals surface area contributed by atoms with Gasteiger partial charge in [0.2, 0.25) is 5.91 Å². The Balaban J connectivity index is 1.69. The molecular weight excluding hydrogens is 316 g/mol. The van der Waals surface area contributed by atoms with Gasteiger partial charge in [0.15, 0.2) is 0 Å². The molecule has 138 valence electrons. The van der Waals surface area contributed by atoms with E-state index < -0.39 is 5.97 Å². The number of para-hydroxylation sites is 1. The predicted molar refractivity (Wildman–Crippen MR) is 99.7 cm³/mol. The summed E-state index contributed by atoms with van der Waals surface area (Å²) in [6, 6.07) is 10.3. The van der Waals surface area contributed by atoms with Crippen molar-refractivity contribution in [2.24, 2.45) is 11.8 Å². The lowest BCUT2D eigenvalue weighted by Crippen LogP contribution is -2.50. The smallest absolute Gasteiger partial charge is 0.306 e. The molecule has 5 nitrogen and oxygen atoms in total. The monoisotopic (exact) mass is 346 g/mol. The maximum Gasteiger partial charge on any atom is 0.306 e. The van der Waals surface area contributed by atoms with Crippen LogP contribution in [0.25, 0.3) is 0 Å². The maximum atomic E-state index is 12.6. The fourth-order valence-corrected chi connectivity index (χ4v) is 3.28. The van der Waals surface area contributed by atoms with Gasteiger partial charge in [0.1, 0.15) is 0 Å². The first-order valence-corrected chi connectivity index (χ1v) is 9.30. The molecule has 1 aliphatic heterocycles. The first-order chi connectivity index (χ1) is 12.0. The minimum atomic E-state index is -0.736. The molecule has 5 heteroatoms. The molecule has 1 heterocycles. The van der Waals surface area contributed by atoms with Gasteiger partial charge in [-0.25, -0.2) is 0 Å². The number of benzene rings is 1. The van der Waals surface area contributed by atoms with Crippen molar-refractivity contribution in [1.82, 2.24) is 4.90 Å². The average Bonchev–Trinajstić information content (AvgIpc) is 2.65. The van der Waals surface area contributed by atoms with Crippen molar-refractivity contribution in [3.8, 4) is 0 Å². The highest BCUT2D eigenvalue weighted by Crippen LogP contribution is 2.19. The zero-order valence-corrected chi connectivity index (χ0v) is 15.4. The highest BCUT2D eigenvalue weighted by molar-refractivity contribution is 5.78. The summed E-state index contributed by atoms with van der Waals surface area (Å²) in [5.74, 6) is -0.778. The lowest BCUT2D eigenvalue weighted by molar-refractivity contribution is -0.141. The minimum absolute atomic E-state index is 0.0170. The Morgan fingerprint density at radius 2 is 1.52 bits per heavy atom. The van der Waals surface area contributed by atoms with E-state index in [1.54, 1.807) is 6.92 Å². The van der Waals surface area contributed by atoms with Crippen LogP contribution in [-0.2, 0) is 9.59 Å². The molecule has 0 radical (unpaired) electrons. The Kier molecular flexibility index (Phi) is 7.29. The molecule has 1 N–H and O–H groups in total. The number of rotatable bonds is 8. The van der Waals surface area contributed by atoms with Gasteiger partial charge in [-0.1, -0.05) is 44.9 Å². The number of nitrogens with zero attached hydrogens (tertiary/aromatic N) is 2. The number of hydrogen-bond donors (Lipinski definition) is 1. The number of carboxylic acids is 1. The largest absolute Gasteiger partial charge is 0.481 e. The van der Waals surface area contributed by atoms with Crippen LogP contribution < -0.4 is 4.90 Å². The molecule has 1 aliphatic rings. The summed E-state index contributed by atoms with van der Waals surface area (Å²) in [5.41, 5.74) is 1.22. The fraction of sp³-hybridized carbons (Fsp3) is 0.600. The van der Waals surface area contributed by atoms with Gasteiger partial charge in [-0.05, 0) is 25.0 Å². The number of carbonyl (C=O) groups is 2. The van der Waals surface area contributed by atoms with Crippen LogP contribution in [0.15, 0.2) is 30.3 Å². The molecule has 0 bridgehead atoms. The van der Waals surface area contributed by atoms with Crippen molar-refractivity contribution in [1.29, 1.82) is 0 Å². The van der Waals surface area contributed by atoms with Crippen molar-refractivity contribution in [3.63, 3.8) is 0 Å². The summed E-state index contributed by atoms with van der Waals surface area (Å²) in [6.45, 7) is 7.02. The van der Waals surface area contributed by atoms with Crippen LogP contribution in [0, 0.1) is 11.8 Å². The van der Waals surface area contributed by atoms with Gasteiger partial charge in [0.25, 0.3) is 0 Å². The summed E-state index contributed by atoms with van der Waals surface area (Å²) in [6.07, 6.45) is 3.30. The van der Waals surface area contributed by atoms with Crippen LogP contribution in [0.2, 0.25) is 0 Å². The second kappa shape index (κ2) is 9.44. The maximum absolute atomic E-state index is 12.6. The van der Waals surface area contributed by atoms with Crippen molar-refractivity contribution >= 4 is 17.6 Å². The highest BCUT2D eigenvalue weighted by atomic mass is 16.4. The van der Waals surface area contributed by atoms with Crippen LogP contribution in [0.5, 0.6) is 0 Å². The number of anilines is 1. The van der Waals surface area contributed by atoms with Gasteiger partial charge in [0, 0.05) is 37.8 Å². The Labute approximate surface area is 150 Å². The number of unbranched alkanes of at least 4 members (excludes halogenated alkanes) is 1. The molecule has 1 aromatic carbocycles. The first-order valence-electron chi connectivity index (χ1n) is 9.30. The molecule has 0 saturated carbocycles. The highest BCUT2D eigenvalue weighted by Gasteiger charge is 2.24. The van der Waals surface area contributed by atoms with E-state index in [1.165, 1.54) is 5.69 Å².